The highest BCUT2D eigenvalue weighted by molar-refractivity contribution is 4.92. The molecule has 0 unspecified atom stereocenters. The van der Waals surface area contributed by atoms with Gasteiger partial charge < -0.3 is 20.4 Å². The van der Waals surface area contributed by atoms with Crippen LogP contribution in [0.1, 0.15) is 6.42 Å². The monoisotopic (exact) mass is 134 g/mol. The van der Waals surface area contributed by atoms with Crippen LogP contribution in [0.4, 0.5) is 0 Å². The molecule has 0 spiro atoms. The van der Waals surface area contributed by atoms with Crippen LogP contribution >= 0.6 is 0 Å². The van der Waals surface area contributed by atoms with Crippen molar-refractivity contribution >= 4 is 0 Å². The molecule has 0 saturated carbocycles. The summed E-state index contributed by atoms with van der Waals surface area (Å²) in [6.45, 7) is -0.114. The Hall–Kier alpha value is -0.580. The van der Waals surface area contributed by atoms with Crippen molar-refractivity contribution in [2.75, 3.05) is 6.61 Å². The number of rotatable bonds is 3. The predicted molar refractivity (Wildman–Crippen MR) is 30.6 cm³/mol. The van der Waals surface area contributed by atoms with E-state index in [1.54, 1.807) is 0 Å². The van der Waals surface area contributed by atoms with E-state index in [1.807, 2.05) is 0 Å². The summed E-state index contributed by atoms with van der Waals surface area (Å²) in [5.41, 5.74) is 0. The molecule has 4 nitrogen and oxygen atoms in total. The van der Waals surface area contributed by atoms with Crippen LogP contribution in [0.2, 0.25) is 0 Å². The van der Waals surface area contributed by atoms with E-state index in [2.05, 4.69) is 0 Å². The Balaban J connectivity index is 3.55. The molecule has 0 atom stereocenters. The summed E-state index contributed by atoms with van der Waals surface area (Å²) in [4.78, 5) is 0. The van der Waals surface area contributed by atoms with Gasteiger partial charge in [0, 0.05) is 6.61 Å². The average molecular weight is 134 g/mol. The predicted octanol–water partition coefficient (Wildman–Crippen LogP) is -0.879. The second kappa shape index (κ2) is 4.31. The summed E-state index contributed by atoms with van der Waals surface area (Å²) in [6.07, 6.45) is -0.453. The molecule has 4 N–H and O–H groups in total. The molecule has 0 amide bonds. The van der Waals surface area contributed by atoms with Crippen LogP contribution in [0.3, 0.4) is 0 Å². The maximum absolute atomic E-state index is 8.51. The van der Waals surface area contributed by atoms with Crippen LogP contribution in [0.5, 0.6) is 0 Å². The molecule has 0 fully saturated rings. The van der Waals surface area contributed by atoms with E-state index in [4.69, 9.17) is 20.4 Å². The molecule has 0 saturated heterocycles. The highest BCUT2D eigenvalue weighted by Crippen LogP contribution is 1.94. The van der Waals surface area contributed by atoms with E-state index in [-0.39, 0.29) is 13.0 Å². The molecular weight excluding hydrogens is 124 g/mol. The number of hydrogen-bond donors (Lipinski definition) is 4. The first-order chi connectivity index (χ1) is 4.18. The van der Waals surface area contributed by atoms with Crippen molar-refractivity contribution in [3.63, 3.8) is 0 Å². The summed E-state index contributed by atoms with van der Waals surface area (Å²) in [6, 6.07) is 0. The van der Waals surface area contributed by atoms with Gasteiger partial charge in [-0.15, -0.1) is 0 Å². The Labute approximate surface area is 52.7 Å². The van der Waals surface area contributed by atoms with Crippen molar-refractivity contribution in [3.05, 3.63) is 11.8 Å². The minimum absolute atomic E-state index is 0.114. The van der Waals surface area contributed by atoms with E-state index in [9.17, 15) is 0 Å². The maximum Gasteiger partial charge on any atom is 0.211 e. The average Bonchev–Trinajstić information content (AvgIpc) is 1.82. The largest absolute Gasteiger partial charge is 0.507 e. The molecule has 0 rings (SSSR count). The molecule has 9 heavy (non-hydrogen) atoms. The standard InChI is InChI=1S/C5H10O4/c6-3-1-2-4(7)5(8)9/h2,5-9H,1,3H2. The zero-order valence-corrected chi connectivity index (χ0v) is 4.86. The van der Waals surface area contributed by atoms with Gasteiger partial charge in [0.05, 0.1) is 0 Å². The Kier molecular flexibility index (Phi) is 4.04. The van der Waals surface area contributed by atoms with E-state index in [0.717, 1.165) is 6.08 Å². The van der Waals surface area contributed by atoms with Gasteiger partial charge in [0.1, 0.15) is 5.76 Å². The lowest BCUT2D eigenvalue weighted by molar-refractivity contribution is -0.0374. The zero-order chi connectivity index (χ0) is 7.28. The molecule has 0 aliphatic rings. The van der Waals surface area contributed by atoms with Crippen LogP contribution in [0.15, 0.2) is 11.8 Å². The number of hydrogen-bond acceptors (Lipinski definition) is 4. The summed E-state index contributed by atoms with van der Waals surface area (Å²) < 4.78 is 0. The first-order valence-electron chi connectivity index (χ1n) is 2.54. The molecule has 54 valence electrons. The molecule has 0 aliphatic heterocycles. The third kappa shape index (κ3) is 3.96. The van der Waals surface area contributed by atoms with Crippen LogP contribution in [0.25, 0.3) is 0 Å². The molecule has 0 aromatic heterocycles. The van der Waals surface area contributed by atoms with E-state index >= 15 is 0 Å². The quantitative estimate of drug-likeness (QED) is 0.298. The van der Waals surface area contributed by atoms with Crippen LogP contribution in [0, 0.1) is 0 Å². The van der Waals surface area contributed by atoms with Crippen molar-refractivity contribution in [2.45, 2.75) is 12.7 Å². The van der Waals surface area contributed by atoms with Crippen LogP contribution in [-0.4, -0.2) is 33.3 Å². The van der Waals surface area contributed by atoms with E-state index in [0.29, 0.717) is 0 Å². The SMILES string of the molecule is OCCC=C(O)C(O)O. The topological polar surface area (TPSA) is 80.9 Å². The molecule has 0 aromatic carbocycles. The highest BCUT2D eigenvalue weighted by Gasteiger charge is 2.00. The lowest BCUT2D eigenvalue weighted by Gasteiger charge is -1.99. The normalized spacial score (nSPS) is 12.7. The molecule has 0 aromatic rings. The molecule has 0 heterocycles. The smallest absolute Gasteiger partial charge is 0.211 e. The van der Waals surface area contributed by atoms with Crippen molar-refractivity contribution in [1.82, 2.24) is 0 Å². The first-order valence-corrected chi connectivity index (χ1v) is 2.54. The van der Waals surface area contributed by atoms with Gasteiger partial charge in [-0.2, -0.15) is 0 Å². The molecular formula is C5H10O4. The lowest BCUT2D eigenvalue weighted by Crippen LogP contribution is -2.07. The van der Waals surface area contributed by atoms with Crippen molar-refractivity contribution in [2.24, 2.45) is 0 Å². The van der Waals surface area contributed by atoms with Gasteiger partial charge in [0.2, 0.25) is 6.29 Å². The Bertz CT molecular complexity index is 97.1. The van der Waals surface area contributed by atoms with Gasteiger partial charge in [-0.3, -0.25) is 0 Å². The Morgan fingerprint density at radius 3 is 2.33 bits per heavy atom. The van der Waals surface area contributed by atoms with Gasteiger partial charge in [0.15, 0.2) is 0 Å². The zero-order valence-electron chi connectivity index (χ0n) is 4.86. The van der Waals surface area contributed by atoms with Gasteiger partial charge in [0.25, 0.3) is 0 Å². The first kappa shape index (κ1) is 8.42. The van der Waals surface area contributed by atoms with Crippen LogP contribution < -0.4 is 0 Å². The Morgan fingerprint density at radius 2 is 2.00 bits per heavy atom. The van der Waals surface area contributed by atoms with Crippen molar-refractivity contribution in [3.8, 4) is 0 Å². The third-order valence-electron chi connectivity index (χ3n) is 0.747. The summed E-state index contributed by atoms with van der Waals surface area (Å²) in [7, 11) is 0. The second-order valence-electron chi connectivity index (χ2n) is 1.51. The fraction of sp³-hybridized carbons (Fsp3) is 0.600. The molecule has 0 bridgehead atoms. The summed E-state index contributed by atoms with van der Waals surface area (Å²) in [5, 5.41) is 33.1. The van der Waals surface area contributed by atoms with Gasteiger partial charge in [-0.05, 0) is 12.5 Å². The third-order valence-corrected chi connectivity index (χ3v) is 0.747. The minimum Gasteiger partial charge on any atom is -0.507 e. The minimum atomic E-state index is -1.82. The van der Waals surface area contributed by atoms with Gasteiger partial charge in [-0.1, -0.05) is 0 Å². The molecule has 0 radical (unpaired) electrons. The maximum atomic E-state index is 8.51. The lowest BCUT2D eigenvalue weighted by atomic mass is 10.3. The number of aliphatic hydroxyl groups is 4. The highest BCUT2D eigenvalue weighted by atomic mass is 16.5. The number of aliphatic hydroxyl groups excluding tert-OH is 3. The fourth-order valence-corrected chi connectivity index (χ4v) is 0.318. The van der Waals surface area contributed by atoms with Crippen molar-refractivity contribution < 1.29 is 20.4 Å². The molecule has 4 heteroatoms. The summed E-state index contributed by atoms with van der Waals surface area (Å²) >= 11 is 0. The van der Waals surface area contributed by atoms with Crippen LogP contribution in [-0.2, 0) is 0 Å². The molecule has 0 aliphatic carbocycles. The van der Waals surface area contributed by atoms with Crippen molar-refractivity contribution in [1.29, 1.82) is 0 Å². The van der Waals surface area contributed by atoms with E-state index < -0.39 is 12.0 Å². The van der Waals surface area contributed by atoms with Gasteiger partial charge >= 0.3 is 0 Å². The fourth-order valence-electron chi connectivity index (χ4n) is 0.318. The summed E-state index contributed by atoms with van der Waals surface area (Å²) in [5.74, 6) is -0.524. The Morgan fingerprint density at radius 1 is 1.44 bits per heavy atom. The van der Waals surface area contributed by atoms with Gasteiger partial charge in [-0.25, -0.2) is 0 Å². The van der Waals surface area contributed by atoms with E-state index in [1.165, 1.54) is 0 Å². The second-order valence-corrected chi connectivity index (χ2v) is 1.51.